The van der Waals surface area contributed by atoms with Crippen LogP contribution in [-0.4, -0.2) is 42.9 Å². The second kappa shape index (κ2) is 10.0. The van der Waals surface area contributed by atoms with Gasteiger partial charge in [0.1, 0.15) is 0 Å². The van der Waals surface area contributed by atoms with E-state index in [1.54, 1.807) is 6.92 Å². The molecule has 1 amide bonds. The van der Waals surface area contributed by atoms with E-state index in [4.69, 9.17) is 14.2 Å². The zero-order valence-corrected chi connectivity index (χ0v) is 16.6. The molecule has 158 valence electrons. The number of anilines is 1. The number of amides is 1. The van der Waals surface area contributed by atoms with Crippen LogP contribution in [0.25, 0.3) is 0 Å². The summed E-state index contributed by atoms with van der Waals surface area (Å²) in [6.07, 6.45) is 0. The van der Waals surface area contributed by atoms with Crippen LogP contribution in [0.3, 0.4) is 0 Å². The van der Waals surface area contributed by atoms with Gasteiger partial charge in [0.2, 0.25) is 0 Å². The van der Waals surface area contributed by atoms with Crippen molar-refractivity contribution < 1.29 is 33.5 Å². The van der Waals surface area contributed by atoms with Crippen LogP contribution < -0.4 is 14.8 Å². The largest absolute Gasteiger partial charge is 0.493 e. The summed E-state index contributed by atoms with van der Waals surface area (Å²) in [6, 6.07) is 8.49. The molecule has 0 heterocycles. The van der Waals surface area contributed by atoms with E-state index in [1.165, 1.54) is 50.4 Å². The Labute approximate surface area is 171 Å². The zero-order valence-electron chi connectivity index (χ0n) is 16.6. The van der Waals surface area contributed by atoms with Crippen molar-refractivity contribution in [3.8, 4) is 11.5 Å². The molecular formula is C20H20N2O8. The van der Waals surface area contributed by atoms with Crippen LogP contribution in [0, 0.1) is 17.0 Å². The van der Waals surface area contributed by atoms with Crippen molar-refractivity contribution in [1.29, 1.82) is 0 Å². The van der Waals surface area contributed by atoms with E-state index in [1.807, 2.05) is 0 Å². The van der Waals surface area contributed by atoms with Crippen LogP contribution in [0.5, 0.6) is 11.5 Å². The van der Waals surface area contributed by atoms with E-state index in [9.17, 15) is 24.5 Å². The quantitative estimate of drug-likeness (QED) is 0.285. The molecule has 0 aliphatic rings. The first kappa shape index (κ1) is 22.3. The fraction of sp³-hybridized carbons (Fsp3) is 0.250. The van der Waals surface area contributed by atoms with Crippen LogP contribution in [0.15, 0.2) is 36.4 Å². The molecule has 0 spiro atoms. The van der Waals surface area contributed by atoms with Crippen molar-refractivity contribution in [1.82, 2.24) is 0 Å². The molecule has 2 aromatic carbocycles. The first-order valence-electron chi connectivity index (χ1n) is 8.73. The lowest BCUT2D eigenvalue weighted by Crippen LogP contribution is -2.24. The van der Waals surface area contributed by atoms with Crippen molar-refractivity contribution in [3.63, 3.8) is 0 Å². The van der Waals surface area contributed by atoms with E-state index in [-0.39, 0.29) is 23.0 Å². The minimum atomic E-state index is -0.789. The molecule has 0 aliphatic carbocycles. The molecule has 0 aromatic heterocycles. The molecule has 0 fully saturated rings. The summed E-state index contributed by atoms with van der Waals surface area (Å²) >= 11 is 0. The molecule has 2 rings (SSSR count). The van der Waals surface area contributed by atoms with Gasteiger partial charge in [-0.3, -0.25) is 19.7 Å². The number of esters is 1. The molecule has 0 radical (unpaired) electrons. The Kier molecular flexibility index (Phi) is 7.45. The number of nitro groups is 1. The van der Waals surface area contributed by atoms with Crippen molar-refractivity contribution >= 4 is 29.0 Å². The highest BCUT2D eigenvalue weighted by molar-refractivity contribution is 5.95. The zero-order chi connectivity index (χ0) is 22.3. The molecule has 10 heteroatoms. The third kappa shape index (κ3) is 6.03. The van der Waals surface area contributed by atoms with Gasteiger partial charge in [-0.05, 0) is 43.7 Å². The summed E-state index contributed by atoms with van der Waals surface area (Å²) in [4.78, 5) is 45.4. The van der Waals surface area contributed by atoms with Gasteiger partial charge in [-0.25, -0.2) is 4.79 Å². The van der Waals surface area contributed by atoms with Crippen molar-refractivity contribution in [2.45, 2.75) is 13.8 Å². The number of nitrogens with one attached hydrogen (secondary N) is 1. The number of carbonyl (C=O) groups is 3. The van der Waals surface area contributed by atoms with E-state index >= 15 is 0 Å². The smallest absolute Gasteiger partial charge is 0.344 e. The number of nitro benzene ring substituents is 1. The predicted octanol–water partition coefficient (Wildman–Crippen LogP) is 2.68. The molecule has 1 N–H and O–H groups in total. The maximum absolute atomic E-state index is 11.9. The molecule has 0 saturated carbocycles. The number of benzene rings is 2. The van der Waals surface area contributed by atoms with Crippen molar-refractivity contribution in [2.24, 2.45) is 0 Å². The number of hydrogen-bond acceptors (Lipinski definition) is 8. The number of methoxy groups -OCH3 is 1. The average molecular weight is 416 g/mol. The molecule has 0 unspecified atom stereocenters. The van der Waals surface area contributed by atoms with Gasteiger partial charge in [-0.15, -0.1) is 0 Å². The van der Waals surface area contributed by atoms with Crippen LogP contribution in [0.1, 0.15) is 22.8 Å². The molecule has 0 saturated heterocycles. The minimum absolute atomic E-state index is 0.0964. The van der Waals surface area contributed by atoms with Gasteiger partial charge in [0, 0.05) is 23.4 Å². The lowest BCUT2D eigenvalue weighted by Gasteiger charge is -2.12. The second-order valence-corrected chi connectivity index (χ2v) is 6.18. The third-order valence-electron chi connectivity index (χ3n) is 3.97. The van der Waals surface area contributed by atoms with E-state index < -0.39 is 30.0 Å². The van der Waals surface area contributed by atoms with Crippen LogP contribution >= 0.6 is 0 Å². The Balaban J connectivity index is 1.85. The molecule has 30 heavy (non-hydrogen) atoms. The van der Waals surface area contributed by atoms with Crippen LogP contribution in [0.4, 0.5) is 11.4 Å². The number of aryl methyl sites for hydroxylation is 1. The van der Waals surface area contributed by atoms with Crippen molar-refractivity contribution in [3.05, 3.63) is 57.6 Å². The Bertz CT molecular complexity index is 987. The molecule has 0 aliphatic heterocycles. The predicted molar refractivity (Wildman–Crippen MR) is 106 cm³/mol. The van der Waals surface area contributed by atoms with Gasteiger partial charge in [0.25, 0.3) is 11.6 Å². The standard InChI is InChI=1S/C20H20N2O8/c1-12-8-15(22(26)27)5-6-16(12)21-19(24)10-30-20(25)11-29-17-7-4-14(13(2)23)9-18(17)28-3/h4-9H,10-11H2,1-3H3,(H,21,24). The number of carbonyl (C=O) groups excluding carboxylic acids is 3. The summed E-state index contributed by atoms with van der Waals surface area (Å²) in [6.45, 7) is 1.99. The number of hydrogen-bond donors (Lipinski definition) is 1. The molecule has 10 nitrogen and oxygen atoms in total. The highest BCUT2D eigenvalue weighted by Crippen LogP contribution is 2.28. The second-order valence-electron chi connectivity index (χ2n) is 6.18. The number of Topliss-reactive ketones (excluding diaryl/α,β-unsaturated/α-hetero) is 1. The van der Waals surface area contributed by atoms with Crippen LogP contribution in [-0.2, 0) is 14.3 Å². The average Bonchev–Trinajstić information content (AvgIpc) is 2.71. The molecule has 0 atom stereocenters. The van der Waals surface area contributed by atoms with E-state index in [2.05, 4.69) is 5.32 Å². The summed E-state index contributed by atoms with van der Waals surface area (Å²) in [7, 11) is 1.40. The third-order valence-corrected chi connectivity index (χ3v) is 3.97. The van der Waals surface area contributed by atoms with Gasteiger partial charge in [0.15, 0.2) is 30.5 Å². The van der Waals surface area contributed by atoms with Crippen LogP contribution in [0.2, 0.25) is 0 Å². The SMILES string of the molecule is COc1cc(C(C)=O)ccc1OCC(=O)OCC(=O)Nc1ccc([N+](=O)[O-])cc1C. The molecule has 0 bridgehead atoms. The number of rotatable bonds is 9. The Morgan fingerprint density at radius 2 is 1.80 bits per heavy atom. The number of ether oxygens (including phenoxy) is 3. The highest BCUT2D eigenvalue weighted by atomic mass is 16.6. The number of nitrogens with zero attached hydrogens (tertiary/aromatic N) is 1. The highest BCUT2D eigenvalue weighted by Gasteiger charge is 2.14. The normalized spacial score (nSPS) is 10.1. The van der Waals surface area contributed by atoms with Crippen molar-refractivity contribution in [2.75, 3.05) is 25.6 Å². The molecular weight excluding hydrogens is 396 g/mol. The summed E-state index contributed by atoms with van der Waals surface area (Å²) in [5.74, 6) is -1.02. The molecule has 2 aromatic rings. The summed E-state index contributed by atoms with van der Waals surface area (Å²) in [5.41, 5.74) is 1.20. The Hall–Kier alpha value is -3.95. The van der Waals surface area contributed by atoms with E-state index in [0.29, 0.717) is 16.8 Å². The maximum Gasteiger partial charge on any atom is 0.344 e. The van der Waals surface area contributed by atoms with Gasteiger partial charge in [0.05, 0.1) is 12.0 Å². The topological polar surface area (TPSA) is 134 Å². The van der Waals surface area contributed by atoms with Gasteiger partial charge >= 0.3 is 5.97 Å². The summed E-state index contributed by atoms with van der Waals surface area (Å²) < 4.78 is 15.3. The monoisotopic (exact) mass is 416 g/mol. The maximum atomic E-state index is 11.9. The minimum Gasteiger partial charge on any atom is -0.493 e. The lowest BCUT2D eigenvalue weighted by atomic mass is 10.1. The lowest BCUT2D eigenvalue weighted by molar-refractivity contribution is -0.384. The fourth-order valence-corrected chi connectivity index (χ4v) is 2.42. The number of ketones is 1. The van der Waals surface area contributed by atoms with E-state index in [0.717, 1.165) is 0 Å². The first-order valence-corrected chi connectivity index (χ1v) is 8.73. The van der Waals surface area contributed by atoms with Gasteiger partial charge in [-0.2, -0.15) is 0 Å². The summed E-state index contributed by atoms with van der Waals surface area (Å²) in [5, 5.41) is 13.3. The van der Waals surface area contributed by atoms with Gasteiger partial charge in [-0.1, -0.05) is 0 Å². The number of non-ortho nitro benzene ring substituents is 1. The Morgan fingerprint density at radius 1 is 1.07 bits per heavy atom. The Morgan fingerprint density at radius 3 is 2.40 bits per heavy atom. The first-order chi connectivity index (χ1) is 14.2. The van der Waals surface area contributed by atoms with Gasteiger partial charge < -0.3 is 19.5 Å². The fourth-order valence-electron chi connectivity index (χ4n) is 2.42.